The second-order valence-corrected chi connectivity index (χ2v) is 9.16. The van der Waals surface area contributed by atoms with Crippen molar-refractivity contribution in [2.45, 2.75) is 59.5 Å². The Morgan fingerprint density at radius 2 is 2.15 bits per heavy atom. The molecule has 6 nitrogen and oxygen atoms in total. The molecule has 0 bridgehead atoms. The summed E-state index contributed by atoms with van der Waals surface area (Å²) in [5, 5.41) is 17.6. The molecular formula is C20H32N6S. The predicted octanol–water partition coefficient (Wildman–Crippen LogP) is 3.64. The predicted molar refractivity (Wildman–Crippen MR) is 112 cm³/mol. The first kappa shape index (κ1) is 19.9. The smallest absolute Gasteiger partial charge is 0.192 e. The highest BCUT2D eigenvalue weighted by molar-refractivity contribution is 7.09. The van der Waals surface area contributed by atoms with E-state index in [9.17, 15) is 0 Å². The zero-order chi connectivity index (χ0) is 19.3. The van der Waals surface area contributed by atoms with Crippen LogP contribution in [0.2, 0.25) is 0 Å². The van der Waals surface area contributed by atoms with Crippen LogP contribution in [-0.4, -0.2) is 27.3 Å². The molecule has 0 spiro atoms. The second-order valence-electron chi connectivity index (χ2n) is 8.13. The van der Waals surface area contributed by atoms with Crippen LogP contribution in [0.4, 0.5) is 0 Å². The summed E-state index contributed by atoms with van der Waals surface area (Å²) in [6, 6.07) is 4.23. The highest BCUT2D eigenvalue weighted by Crippen LogP contribution is 2.45. The van der Waals surface area contributed by atoms with Gasteiger partial charge in [-0.3, -0.25) is 0 Å². The van der Waals surface area contributed by atoms with E-state index >= 15 is 0 Å². The van der Waals surface area contributed by atoms with Crippen molar-refractivity contribution in [1.82, 2.24) is 25.4 Å². The van der Waals surface area contributed by atoms with Crippen molar-refractivity contribution in [3.05, 3.63) is 34.0 Å². The lowest BCUT2D eigenvalue weighted by atomic mass is 9.64. The van der Waals surface area contributed by atoms with Gasteiger partial charge in [0.1, 0.15) is 12.4 Å². The van der Waals surface area contributed by atoms with Gasteiger partial charge in [-0.15, -0.1) is 21.5 Å². The summed E-state index contributed by atoms with van der Waals surface area (Å²) >= 11 is 1.76. The van der Waals surface area contributed by atoms with Gasteiger partial charge in [-0.05, 0) is 49.0 Å². The van der Waals surface area contributed by atoms with Gasteiger partial charge in [-0.1, -0.05) is 26.3 Å². The minimum Gasteiger partial charge on any atom is -0.356 e. The summed E-state index contributed by atoms with van der Waals surface area (Å²) in [5.41, 5.74) is 0.431. The molecule has 148 valence electrons. The molecule has 2 aromatic rings. The number of hydrogen-bond donors (Lipinski definition) is 2. The number of rotatable bonds is 8. The maximum absolute atomic E-state index is 4.78. The van der Waals surface area contributed by atoms with E-state index in [1.165, 1.54) is 30.6 Å². The van der Waals surface area contributed by atoms with Crippen LogP contribution in [0.25, 0.3) is 0 Å². The van der Waals surface area contributed by atoms with Gasteiger partial charge in [0.2, 0.25) is 0 Å². The maximum Gasteiger partial charge on any atom is 0.192 e. The van der Waals surface area contributed by atoms with E-state index in [-0.39, 0.29) is 0 Å². The molecule has 2 N–H and O–H groups in total. The van der Waals surface area contributed by atoms with Crippen LogP contribution in [0, 0.1) is 18.3 Å². The maximum atomic E-state index is 4.78. The SMILES string of the molecule is Cc1nnc(CN=C(NCc2cccs2)NCC2(CC(C)C)CCC2)n1C. The molecule has 2 heterocycles. The Balaban J connectivity index is 1.65. The van der Waals surface area contributed by atoms with Gasteiger partial charge in [0.15, 0.2) is 11.8 Å². The standard InChI is InChI=1S/C20H32N6S/c1-15(2)11-20(8-6-9-20)14-23-19(21-12-17-7-5-10-27-17)22-13-18-25-24-16(3)26(18)4/h5,7,10,15H,6,8-9,11-14H2,1-4H3,(H2,21,22,23). The van der Waals surface area contributed by atoms with Crippen molar-refractivity contribution < 1.29 is 0 Å². The van der Waals surface area contributed by atoms with Crippen molar-refractivity contribution in [3.8, 4) is 0 Å². The van der Waals surface area contributed by atoms with E-state index in [1.807, 2.05) is 18.5 Å². The second kappa shape index (κ2) is 8.87. The van der Waals surface area contributed by atoms with Crippen LogP contribution in [0.5, 0.6) is 0 Å². The molecule has 0 aromatic carbocycles. The lowest BCUT2D eigenvalue weighted by Gasteiger charge is -2.43. The largest absolute Gasteiger partial charge is 0.356 e. The Hall–Kier alpha value is -1.89. The number of aliphatic imine (C=N–C) groups is 1. The summed E-state index contributed by atoms with van der Waals surface area (Å²) in [4.78, 5) is 6.09. The first-order chi connectivity index (χ1) is 13.0. The summed E-state index contributed by atoms with van der Waals surface area (Å²) in [5.74, 6) is 3.38. The van der Waals surface area contributed by atoms with Gasteiger partial charge in [0.05, 0.1) is 6.54 Å². The summed E-state index contributed by atoms with van der Waals surface area (Å²) in [6.45, 7) is 8.90. The van der Waals surface area contributed by atoms with Crippen LogP contribution in [0.15, 0.2) is 22.5 Å². The van der Waals surface area contributed by atoms with Crippen LogP contribution in [0.3, 0.4) is 0 Å². The van der Waals surface area contributed by atoms with Crippen LogP contribution < -0.4 is 10.6 Å². The van der Waals surface area contributed by atoms with E-state index in [1.54, 1.807) is 11.3 Å². The number of hydrogen-bond acceptors (Lipinski definition) is 4. The fourth-order valence-corrected chi connectivity index (χ4v) is 4.41. The monoisotopic (exact) mass is 388 g/mol. The molecule has 1 aliphatic carbocycles. The third-order valence-corrected chi connectivity index (χ3v) is 6.33. The third-order valence-electron chi connectivity index (χ3n) is 5.46. The number of thiophene rings is 1. The van der Waals surface area contributed by atoms with Gasteiger partial charge >= 0.3 is 0 Å². The van der Waals surface area contributed by atoms with E-state index in [2.05, 4.69) is 52.2 Å². The van der Waals surface area contributed by atoms with Gasteiger partial charge in [-0.2, -0.15) is 0 Å². The van der Waals surface area contributed by atoms with Crippen molar-refractivity contribution in [2.24, 2.45) is 23.4 Å². The van der Waals surface area contributed by atoms with E-state index in [0.717, 1.165) is 36.6 Å². The Morgan fingerprint density at radius 1 is 1.33 bits per heavy atom. The Kier molecular flexibility index (Phi) is 6.52. The Morgan fingerprint density at radius 3 is 2.70 bits per heavy atom. The van der Waals surface area contributed by atoms with Crippen molar-refractivity contribution >= 4 is 17.3 Å². The van der Waals surface area contributed by atoms with Crippen molar-refractivity contribution in [3.63, 3.8) is 0 Å². The first-order valence-corrected chi connectivity index (χ1v) is 10.7. The number of aromatic nitrogens is 3. The van der Waals surface area contributed by atoms with E-state index < -0.39 is 0 Å². The summed E-state index contributed by atoms with van der Waals surface area (Å²) in [7, 11) is 1.98. The third kappa shape index (κ3) is 5.31. The Bertz CT molecular complexity index is 743. The molecule has 27 heavy (non-hydrogen) atoms. The minimum absolute atomic E-state index is 0.431. The molecule has 0 unspecified atom stereocenters. The summed E-state index contributed by atoms with van der Waals surface area (Å²) < 4.78 is 1.99. The number of aryl methyl sites for hydroxylation is 1. The van der Waals surface area contributed by atoms with Gasteiger partial charge < -0.3 is 15.2 Å². The number of guanidine groups is 1. The Labute approximate surface area is 166 Å². The summed E-state index contributed by atoms with van der Waals surface area (Å²) in [6.07, 6.45) is 5.26. The molecule has 0 saturated heterocycles. The number of nitrogens with one attached hydrogen (secondary N) is 2. The normalized spacial score (nSPS) is 16.4. The minimum atomic E-state index is 0.431. The molecule has 1 aliphatic rings. The molecule has 0 radical (unpaired) electrons. The average molecular weight is 389 g/mol. The zero-order valence-corrected chi connectivity index (χ0v) is 17.8. The van der Waals surface area contributed by atoms with Crippen LogP contribution in [0.1, 0.15) is 56.1 Å². The van der Waals surface area contributed by atoms with E-state index in [4.69, 9.17) is 4.99 Å². The quantitative estimate of drug-likeness (QED) is 0.535. The van der Waals surface area contributed by atoms with Gasteiger partial charge in [0, 0.05) is 18.5 Å². The molecule has 3 rings (SSSR count). The molecule has 1 fully saturated rings. The molecule has 0 amide bonds. The molecule has 0 atom stereocenters. The van der Waals surface area contributed by atoms with E-state index in [0.29, 0.717) is 12.0 Å². The van der Waals surface area contributed by atoms with Crippen LogP contribution >= 0.6 is 11.3 Å². The number of nitrogens with zero attached hydrogens (tertiary/aromatic N) is 4. The highest BCUT2D eigenvalue weighted by atomic mass is 32.1. The van der Waals surface area contributed by atoms with Crippen LogP contribution in [-0.2, 0) is 20.1 Å². The molecule has 7 heteroatoms. The fourth-order valence-electron chi connectivity index (χ4n) is 3.76. The lowest BCUT2D eigenvalue weighted by molar-refractivity contribution is 0.104. The topological polar surface area (TPSA) is 67.1 Å². The molecule has 2 aromatic heterocycles. The first-order valence-electron chi connectivity index (χ1n) is 9.87. The lowest BCUT2D eigenvalue weighted by Crippen LogP contribution is -2.46. The molecule has 1 saturated carbocycles. The molecule has 0 aliphatic heterocycles. The van der Waals surface area contributed by atoms with Gasteiger partial charge in [0.25, 0.3) is 0 Å². The van der Waals surface area contributed by atoms with Gasteiger partial charge in [-0.25, -0.2) is 4.99 Å². The van der Waals surface area contributed by atoms with Crippen molar-refractivity contribution in [1.29, 1.82) is 0 Å². The van der Waals surface area contributed by atoms with Crippen molar-refractivity contribution in [2.75, 3.05) is 6.54 Å². The fraction of sp³-hybridized carbons (Fsp3) is 0.650. The highest BCUT2D eigenvalue weighted by Gasteiger charge is 2.37. The molecular weight excluding hydrogens is 356 g/mol. The zero-order valence-electron chi connectivity index (χ0n) is 17.0. The average Bonchev–Trinajstić information content (AvgIpc) is 3.23.